The average molecular weight is 378 g/mol. The predicted octanol–water partition coefficient (Wildman–Crippen LogP) is 4.01. The van der Waals surface area contributed by atoms with Crippen LogP contribution in [-0.4, -0.2) is 21.5 Å². The van der Waals surface area contributed by atoms with Crippen LogP contribution < -0.4 is 10.3 Å². The Morgan fingerprint density at radius 2 is 1.68 bits per heavy atom. The molecule has 0 saturated carbocycles. The molecule has 1 aromatic heterocycles. The van der Waals surface area contributed by atoms with Gasteiger partial charge in [-0.15, -0.1) is 0 Å². The van der Waals surface area contributed by atoms with Crippen molar-refractivity contribution in [3.8, 4) is 5.75 Å². The first-order valence-corrected chi connectivity index (χ1v) is 9.40. The Balaban J connectivity index is 1.95. The standard InChI is InChI=1S/C22H22N2O4/c1-3-5-14-24-21(26)18-9-7-6-8-17(18)20(23-24)22(27)28-16-12-10-15(11-13-16)19(25)4-2/h6-13H,3-5,14H2,1-2H3. The molecule has 1 heterocycles. The number of hydrogen-bond donors (Lipinski definition) is 0. The van der Waals surface area contributed by atoms with Crippen molar-refractivity contribution < 1.29 is 14.3 Å². The molecule has 0 fully saturated rings. The lowest BCUT2D eigenvalue weighted by atomic mass is 10.1. The van der Waals surface area contributed by atoms with Crippen molar-refractivity contribution in [3.63, 3.8) is 0 Å². The minimum absolute atomic E-state index is 0.0218. The van der Waals surface area contributed by atoms with E-state index in [0.717, 1.165) is 12.8 Å². The van der Waals surface area contributed by atoms with E-state index in [0.29, 0.717) is 35.1 Å². The van der Waals surface area contributed by atoms with Gasteiger partial charge in [0.1, 0.15) is 5.75 Å². The van der Waals surface area contributed by atoms with E-state index in [4.69, 9.17) is 4.74 Å². The van der Waals surface area contributed by atoms with Gasteiger partial charge in [0, 0.05) is 23.9 Å². The number of ether oxygens (including phenoxy) is 1. The maximum atomic E-state index is 12.8. The first-order valence-electron chi connectivity index (χ1n) is 9.40. The van der Waals surface area contributed by atoms with E-state index in [1.54, 1.807) is 55.5 Å². The number of carbonyl (C=O) groups is 2. The van der Waals surface area contributed by atoms with Crippen LogP contribution in [0.25, 0.3) is 10.8 Å². The number of rotatable bonds is 7. The van der Waals surface area contributed by atoms with Crippen LogP contribution in [0.3, 0.4) is 0 Å². The molecule has 6 nitrogen and oxygen atoms in total. The minimum Gasteiger partial charge on any atom is -0.422 e. The molecule has 0 bridgehead atoms. The number of nitrogens with zero attached hydrogens (tertiary/aromatic N) is 2. The first-order chi connectivity index (χ1) is 13.5. The largest absolute Gasteiger partial charge is 0.422 e. The summed E-state index contributed by atoms with van der Waals surface area (Å²) in [5.41, 5.74) is 0.446. The number of Topliss-reactive ketones (excluding diaryl/α,β-unsaturated/α-hetero) is 1. The number of hydrogen-bond acceptors (Lipinski definition) is 5. The number of aryl methyl sites for hydroxylation is 1. The summed E-state index contributed by atoms with van der Waals surface area (Å²) >= 11 is 0. The molecular weight excluding hydrogens is 356 g/mol. The van der Waals surface area contributed by atoms with Crippen LogP contribution in [-0.2, 0) is 6.54 Å². The SMILES string of the molecule is CCCCn1nc(C(=O)Oc2ccc(C(=O)CC)cc2)c2ccccc2c1=O. The zero-order valence-electron chi connectivity index (χ0n) is 16.0. The van der Waals surface area contributed by atoms with E-state index in [9.17, 15) is 14.4 Å². The third-order valence-electron chi connectivity index (χ3n) is 4.49. The molecule has 0 saturated heterocycles. The highest BCUT2D eigenvalue weighted by Crippen LogP contribution is 2.18. The molecule has 3 aromatic rings. The number of ketones is 1. The Hall–Kier alpha value is -3.28. The van der Waals surface area contributed by atoms with E-state index < -0.39 is 5.97 Å². The number of unbranched alkanes of at least 4 members (excludes halogenated alkanes) is 1. The summed E-state index contributed by atoms with van der Waals surface area (Å²) in [7, 11) is 0. The van der Waals surface area contributed by atoms with Crippen molar-refractivity contribution in [2.45, 2.75) is 39.7 Å². The van der Waals surface area contributed by atoms with Crippen molar-refractivity contribution in [3.05, 3.63) is 70.1 Å². The summed E-state index contributed by atoms with van der Waals surface area (Å²) < 4.78 is 6.77. The van der Waals surface area contributed by atoms with Gasteiger partial charge >= 0.3 is 5.97 Å². The van der Waals surface area contributed by atoms with Crippen LogP contribution in [0.2, 0.25) is 0 Å². The number of benzene rings is 2. The molecule has 28 heavy (non-hydrogen) atoms. The molecule has 2 aromatic carbocycles. The van der Waals surface area contributed by atoms with Gasteiger partial charge in [-0.05, 0) is 36.8 Å². The zero-order chi connectivity index (χ0) is 20.1. The molecule has 0 radical (unpaired) electrons. The Kier molecular flexibility index (Phi) is 5.99. The molecule has 0 unspecified atom stereocenters. The second kappa shape index (κ2) is 8.61. The highest BCUT2D eigenvalue weighted by molar-refractivity contribution is 6.03. The number of aromatic nitrogens is 2. The van der Waals surface area contributed by atoms with Crippen LogP contribution >= 0.6 is 0 Å². The van der Waals surface area contributed by atoms with E-state index in [2.05, 4.69) is 5.10 Å². The van der Waals surface area contributed by atoms with Gasteiger partial charge < -0.3 is 4.74 Å². The lowest BCUT2D eigenvalue weighted by molar-refractivity contribution is 0.0728. The quantitative estimate of drug-likeness (QED) is 0.353. The van der Waals surface area contributed by atoms with E-state index in [-0.39, 0.29) is 17.0 Å². The Labute approximate surface area is 162 Å². The molecule has 0 atom stereocenters. The molecule has 0 spiro atoms. The van der Waals surface area contributed by atoms with Crippen molar-refractivity contribution in [2.75, 3.05) is 0 Å². The molecule has 144 valence electrons. The third kappa shape index (κ3) is 4.01. The van der Waals surface area contributed by atoms with Gasteiger partial charge in [0.15, 0.2) is 11.5 Å². The van der Waals surface area contributed by atoms with Crippen molar-refractivity contribution >= 4 is 22.5 Å². The smallest absolute Gasteiger partial charge is 0.364 e. The van der Waals surface area contributed by atoms with Gasteiger partial charge in [-0.25, -0.2) is 9.48 Å². The monoisotopic (exact) mass is 378 g/mol. The molecular formula is C22H22N2O4. The van der Waals surface area contributed by atoms with Gasteiger partial charge in [0.2, 0.25) is 0 Å². The van der Waals surface area contributed by atoms with Gasteiger partial charge in [-0.3, -0.25) is 9.59 Å². The Bertz CT molecular complexity index is 1070. The van der Waals surface area contributed by atoms with Gasteiger partial charge in [-0.2, -0.15) is 5.10 Å². The molecule has 0 aliphatic rings. The number of fused-ring (bicyclic) bond motifs is 1. The van der Waals surface area contributed by atoms with Crippen LogP contribution in [0.4, 0.5) is 0 Å². The normalized spacial score (nSPS) is 10.8. The molecule has 3 rings (SSSR count). The van der Waals surface area contributed by atoms with Gasteiger partial charge in [0.05, 0.1) is 5.39 Å². The summed E-state index contributed by atoms with van der Waals surface area (Å²) in [6, 6.07) is 13.3. The lowest BCUT2D eigenvalue weighted by Gasteiger charge is -2.10. The summed E-state index contributed by atoms with van der Waals surface area (Å²) in [5.74, 6) is -0.306. The minimum atomic E-state index is -0.643. The van der Waals surface area contributed by atoms with Crippen molar-refractivity contribution in [1.82, 2.24) is 9.78 Å². The fourth-order valence-electron chi connectivity index (χ4n) is 2.91. The Morgan fingerprint density at radius 1 is 1.00 bits per heavy atom. The second-order valence-electron chi connectivity index (χ2n) is 6.47. The van der Waals surface area contributed by atoms with Crippen LogP contribution in [0.15, 0.2) is 53.3 Å². The second-order valence-corrected chi connectivity index (χ2v) is 6.47. The van der Waals surface area contributed by atoms with Crippen molar-refractivity contribution in [1.29, 1.82) is 0 Å². The molecule has 0 amide bonds. The highest BCUT2D eigenvalue weighted by Gasteiger charge is 2.18. The number of carbonyl (C=O) groups excluding carboxylic acids is 2. The van der Waals surface area contributed by atoms with E-state index in [1.165, 1.54) is 4.68 Å². The first kappa shape index (κ1) is 19.5. The summed E-state index contributed by atoms with van der Waals surface area (Å²) in [5, 5.41) is 5.16. The topological polar surface area (TPSA) is 78.3 Å². The number of esters is 1. The maximum Gasteiger partial charge on any atom is 0.364 e. The van der Waals surface area contributed by atoms with Gasteiger partial charge in [0.25, 0.3) is 5.56 Å². The lowest BCUT2D eigenvalue weighted by Crippen LogP contribution is -2.27. The van der Waals surface area contributed by atoms with E-state index >= 15 is 0 Å². The van der Waals surface area contributed by atoms with Crippen LogP contribution in [0.5, 0.6) is 5.75 Å². The third-order valence-corrected chi connectivity index (χ3v) is 4.49. The Morgan fingerprint density at radius 3 is 2.32 bits per heavy atom. The molecule has 0 aliphatic carbocycles. The summed E-state index contributed by atoms with van der Waals surface area (Å²) in [6.45, 7) is 4.25. The fourth-order valence-corrected chi connectivity index (χ4v) is 2.91. The predicted molar refractivity (Wildman–Crippen MR) is 107 cm³/mol. The summed E-state index contributed by atoms with van der Waals surface area (Å²) in [4.78, 5) is 37.1. The zero-order valence-corrected chi connectivity index (χ0v) is 16.0. The van der Waals surface area contributed by atoms with E-state index in [1.807, 2.05) is 6.92 Å². The van der Waals surface area contributed by atoms with Crippen LogP contribution in [0, 0.1) is 0 Å². The summed E-state index contributed by atoms with van der Waals surface area (Å²) in [6.07, 6.45) is 2.10. The molecule has 6 heteroatoms. The molecule has 0 aliphatic heterocycles. The fraction of sp³-hybridized carbons (Fsp3) is 0.273. The van der Waals surface area contributed by atoms with Crippen LogP contribution in [0.1, 0.15) is 54.0 Å². The highest BCUT2D eigenvalue weighted by atomic mass is 16.5. The molecule has 0 N–H and O–H groups in total. The van der Waals surface area contributed by atoms with Gasteiger partial charge in [-0.1, -0.05) is 38.5 Å². The van der Waals surface area contributed by atoms with Crippen molar-refractivity contribution in [2.24, 2.45) is 0 Å². The average Bonchev–Trinajstić information content (AvgIpc) is 2.73. The maximum absolute atomic E-state index is 12.8.